The minimum atomic E-state index is 0.151. The van der Waals surface area contributed by atoms with E-state index in [9.17, 15) is 4.79 Å². The summed E-state index contributed by atoms with van der Waals surface area (Å²) in [4.78, 5) is 18.7. The second-order valence-corrected chi connectivity index (χ2v) is 3.64. The van der Waals surface area contributed by atoms with E-state index in [1.807, 2.05) is 0 Å². The largest absolute Gasteiger partial charge is 0.298 e. The van der Waals surface area contributed by atoms with Crippen molar-refractivity contribution in [3.05, 3.63) is 34.5 Å². The van der Waals surface area contributed by atoms with E-state index in [0.717, 1.165) is 12.0 Å². The molecular weight excluding hydrogens is 228 g/mol. The Morgan fingerprint density at radius 1 is 1.44 bits per heavy atom. The van der Waals surface area contributed by atoms with E-state index in [-0.39, 0.29) is 5.28 Å². The van der Waals surface area contributed by atoms with Crippen molar-refractivity contribution >= 4 is 17.9 Å². The van der Waals surface area contributed by atoms with Crippen molar-refractivity contribution in [2.24, 2.45) is 0 Å². The summed E-state index contributed by atoms with van der Waals surface area (Å²) in [7, 11) is 0. The Labute approximate surface area is 97.1 Å². The highest BCUT2D eigenvalue weighted by atomic mass is 35.5. The van der Waals surface area contributed by atoms with Crippen LogP contribution in [0.3, 0.4) is 0 Å². The van der Waals surface area contributed by atoms with E-state index in [0.29, 0.717) is 17.1 Å². The summed E-state index contributed by atoms with van der Waals surface area (Å²) in [5, 5.41) is 4.38. The SMILES string of the molecule is Cc1nn(-c2ccnc(Cl)n2)c(C)c1C=O. The van der Waals surface area contributed by atoms with Gasteiger partial charge in [-0.1, -0.05) is 0 Å². The van der Waals surface area contributed by atoms with Crippen molar-refractivity contribution < 1.29 is 4.79 Å². The molecule has 2 heterocycles. The number of carbonyl (C=O) groups is 1. The van der Waals surface area contributed by atoms with Crippen molar-refractivity contribution in [1.82, 2.24) is 19.7 Å². The van der Waals surface area contributed by atoms with Crippen LogP contribution in [0.5, 0.6) is 0 Å². The summed E-state index contributed by atoms with van der Waals surface area (Å²) in [6.07, 6.45) is 2.33. The Hall–Kier alpha value is -1.75. The highest BCUT2D eigenvalue weighted by Gasteiger charge is 2.12. The van der Waals surface area contributed by atoms with E-state index in [2.05, 4.69) is 15.1 Å². The summed E-state index contributed by atoms with van der Waals surface area (Å²) in [6.45, 7) is 3.58. The maximum absolute atomic E-state index is 10.8. The molecule has 0 aliphatic heterocycles. The summed E-state index contributed by atoms with van der Waals surface area (Å²) in [6, 6.07) is 1.68. The van der Waals surface area contributed by atoms with Gasteiger partial charge in [0.05, 0.1) is 17.0 Å². The summed E-state index contributed by atoms with van der Waals surface area (Å²) >= 11 is 5.69. The molecule has 0 N–H and O–H groups in total. The van der Waals surface area contributed by atoms with Crippen LogP contribution in [-0.4, -0.2) is 26.0 Å². The van der Waals surface area contributed by atoms with Gasteiger partial charge in [0, 0.05) is 12.3 Å². The number of aldehydes is 1. The molecule has 2 aromatic rings. The molecule has 0 saturated heterocycles. The smallest absolute Gasteiger partial charge is 0.224 e. The van der Waals surface area contributed by atoms with Gasteiger partial charge in [-0.15, -0.1) is 0 Å². The van der Waals surface area contributed by atoms with Gasteiger partial charge in [-0.25, -0.2) is 9.67 Å². The molecule has 5 nitrogen and oxygen atoms in total. The first-order valence-electron chi connectivity index (χ1n) is 4.64. The number of aryl methyl sites for hydroxylation is 1. The molecule has 0 saturated carbocycles. The zero-order valence-corrected chi connectivity index (χ0v) is 9.56. The van der Waals surface area contributed by atoms with Crippen molar-refractivity contribution in [2.45, 2.75) is 13.8 Å². The molecule has 0 aromatic carbocycles. The van der Waals surface area contributed by atoms with Crippen LogP contribution >= 0.6 is 11.6 Å². The Balaban J connectivity index is 2.61. The quantitative estimate of drug-likeness (QED) is 0.589. The van der Waals surface area contributed by atoms with Crippen molar-refractivity contribution in [1.29, 1.82) is 0 Å². The Bertz CT molecular complexity index is 550. The molecule has 0 fully saturated rings. The van der Waals surface area contributed by atoms with Crippen LogP contribution < -0.4 is 0 Å². The normalized spacial score (nSPS) is 10.4. The molecule has 2 rings (SSSR count). The van der Waals surface area contributed by atoms with E-state index in [1.165, 1.54) is 0 Å². The van der Waals surface area contributed by atoms with Crippen LogP contribution in [0.15, 0.2) is 12.3 Å². The molecule has 0 unspecified atom stereocenters. The fourth-order valence-electron chi connectivity index (χ4n) is 1.49. The fraction of sp³-hybridized carbons (Fsp3) is 0.200. The highest BCUT2D eigenvalue weighted by molar-refractivity contribution is 6.28. The number of carbonyl (C=O) groups excluding carboxylic acids is 1. The summed E-state index contributed by atoms with van der Waals surface area (Å²) in [5.41, 5.74) is 1.99. The van der Waals surface area contributed by atoms with Gasteiger partial charge in [0.15, 0.2) is 12.1 Å². The van der Waals surface area contributed by atoms with Crippen LogP contribution in [0.2, 0.25) is 5.28 Å². The lowest BCUT2D eigenvalue weighted by molar-refractivity contribution is 0.112. The van der Waals surface area contributed by atoms with Gasteiger partial charge >= 0.3 is 0 Å². The van der Waals surface area contributed by atoms with E-state index in [4.69, 9.17) is 11.6 Å². The molecule has 16 heavy (non-hydrogen) atoms. The predicted octanol–water partition coefficient (Wildman–Crippen LogP) is 1.75. The van der Waals surface area contributed by atoms with Crippen LogP contribution in [0, 0.1) is 13.8 Å². The van der Waals surface area contributed by atoms with Crippen LogP contribution in [-0.2, 0) is 0 Å². The van der Waals surface area contributed by atoms with Gasteiger partial charge in [-0.05, 0) is 25.4 Å². The third kappa shape index (κ3) is 1.69. The maximum atomic E-state index is 10.8. The van der Waals surface area contributed by atoms with E-state index >= 15 is 0 Å². The molecule has 0 amide bonds. The standard InChI is InChI=1S/C10H9ClN4O/c1-6-8(5-16)7(2)15(14-6)9-3-4-12-10(11)13-9/h3-5H,1-2H3. The van der Waals surface area contributed by atoms with E-state index < -0.39 is 0 Å². The van der Waals surface area contributed by atoms with Gasteiger partial charge in [0.1, 0.15) is 0 Å². The number of rotatable bonds is 2. The average molecular weight is 237 g/mol. The zero-order valence-electron chi connectivity index (χ0n) is 8.81. The molecule has 0 spiro atoms. The molecular formula is C10H9ClN4O. The highest BCUT2D eigenvalue weighted by Crippen LogP contribution is 2.15. The lowest BCUT2D eigenvalue weighted by Crippen LogP contribution is -2.02. The van der Waals surface area contributed by atoms with Crippen molar-refractivity contribution in [3.63, 3.8) is 0 Å². The van der Waals surface area contributed by atoms with Crippen molar-refractivity contribution in [3.8, 4) is 5.82 Å². The first kappa shape index (κ1) is 10.8. The number of nitrogens with zero attached hydrogens (tertiary/aromatic N) is 4. The molecule has 0 radical (unpaired) electrons. The Kier molecular flexibility index (Phi) is 2.70. The van der Waals surface area contributed by atoms with Gasteiger partial charge in [0.25, 0.3) is 0 Å². The first-order chi connectivity index (χ1) is 7.63. The minimum Gasteiger partial charge on any atom is -0.298 e. The number of hydrogen-bond donors (Lipinski definition) is 0. The van der Waals surface area contributed by atoms with Gasteiger partial charge in [-0.2, -0.15) is 10.1 Å². The first-order valence-corrected chi connectivity index (χ1v) is 5.01. The number of halogens is 1. The third-order valence-corrected chi connectivity index (χ3v) is 2.48. The van der Waals surface area contributed by atoms with Crippen LogP contribution in [0.25, 0.3) is 5.82 Å². The third-order valence-electron chi connectivity index (χ3n) is 2.29. The van der Waals surface area contributed by atoms with Gasteiger partial charge < -0.3 is 0 Å². The van der Waals surface area contributed by atoms with Gasteiger partial charge in [0.2, 0.25) is 5.28 Å². The monoisotopic (exact) mass is 236 g/mol. The lowest BCUT2D eigenvalue weighted by atomic mass is 10.2. The Morgan fingerprint density at radius 2 is 2.19 bits per heavy atom. The second-order valence-electron chi connectivity index (χ2n) is 3.30. The van der Waals surface area contributed by atoms with Crippen LogP contribution in [0.1, 0.15) is 21.7 Å². The minimum absolute atomic E-state index is 0.151. The topological polar surface area (TPSA) is 60.7 Å². The fourth-order valence-corrected chi connectivity index (χ4v) is 1.64. The molecule has 0 bridgehead atoms. The zero-order chi connectivity index (χ0) is 11.7. The van der Waals surface area contributed by atoms with Crippen LogP contribution in [0.4, 0.5) is 0 Å². The molecule has 6 heteroatoms. The molecule has 0 aliphatic rings. The Morgan fingerprint density at radius 3 is 2.75 bits per heavy atom. The number of aromatic nitrogens is 4. The molecule has 82 valence electrons. The molecule has 0 atom stereocenters. The number of hydrogen-bond acceptors (Lipinski definition) is 4. The molecule has 0 aliphatic carbocycles. The van der Waals surface area contributed by atoms with E-state index in [1.54, 1.807) is 30.8 Å². The van der Waals surface area contributed by atoms with Gasteiger partial charge in [-0.3, -0.25) is 4.79 Å². The van der Waals surface area contributed by atoms with Crippen molar-refractivity contribution in [2.75, 3.05) is 0 Å². The molecule has 2 aromatic heterocycles. The summed E-state index contributed by atoms with van der Waals surface area (Å²) < 4.78 is 1.58. The second kappa shape index (κ2) is 4.02. The summed E-state index contributed by atoms with van der Waals surface area (Å²) in [5.74, 6) is 0.550. The predicted molar refractivity (Wildman–Crippen MR) is 59.0 cm³/mol. The lowest BCUT2D eigenvalue weighted by Gasteiger charge is -2.02. The maximum Gasteiger partial charge on any atom is 0.224 e. The average Bonchev–Trinajstić information content (AvgIpc) is 2.54.